The van der Waals surface area contributed by atoms with Gasteiger partial charge in [0.1, 0.15) is 0 Å². The van der Waals surface area contributed by atoms with Crippen molar-refractivity contribution in [2.24, 2.45) is 5.73 Å². The largest absolute Gasteiger partial charge is 0.402 e. The van der Waals surface area contributed by atoms with Gasteiger partial charge in [0.05, 0.1) is 12.0 Å². The van der Waals surface area contributed by atoms with Crippen molar-refractivity contribution in [1.29, 1.82) is 0 Å². The molecular weight excluding hydrogens is 114 g/mol. The topological polar surface area (TPSA) is 54.7 Å². The third-order valence-corrected chi connectivity index (χ3v) is 0.963. The van der Waals surface area contributed by atoms with Crippen LogP contribution in [0.4, 0.5) is 0 Å². The van der Waals surface area contributed by atoms with Gasteiger partial charge in [0.25, 0.3) is 0 Å². The fourth-order valence-electron chi connectivity index (χ4n) is 0.620. The van der Waals surface area contributed by atoms with Gasteiger partial charge in [-0.3, -0.25) is 0 Å². The number of rotatable bonds is 2. The van der Waals surface area contributed by atoms with Gasteiger partial charge in [-0.2, -0.15) is 0 Å². The second kappa shape index (κ2) is 2.35. The van der Waals surface area contributed by atoms with E-state index in [1.54, 1.807) is 12.5 Å². The lowest BCUT2D eigenvalue weighted by Crippen LogP contribution is -1.98. The highest BCUT2D eigenvalue weighted by Gasteiger charge is 1.92. The molecule has 0 fully saturated rings. The SMILES string of the molecule is C=C(N)Cc1c[nH]cn1. The zero-order chi connectivity index (χ0) is 6.69. The maximum atomic E-state index is 5.34. The number of nitrogens with one attached hydrogen (secondary N) is 1. The van der Waals surface area contributed by atoms with Crippen molar-refractivity contribution in [3.8, 4) is 0 Å². The highest BCUT2D eigenvalue weighted by atomic mass is 14.9. The van der Waals surface area contributed by atoms with Crippen LogP contribution in [-0.2, 0) is 6.42 Å². The number of H-pyrrole nitrogens is 1. The molecule has 3 N–H and O–H groups in total. The van der Waals surface area contributed by atoms with E-state index in [-0.39, 0.29) is 0 Å². The number of hydrogen-bond donors (Lipinski definition) is 2. The van der Waals surface area contributed by atoms with E-state index in [0.717, 1.165) is 5.69 Å². The van der Waals surface area contributed by atoms with E-state index in [1.165, 1.54) is 0 Å². The Balaban J connectivity index is 2.58. The van der Waals surface area contributed by atoms with Crippen molar-refractivity contribution < 1.29 is 0 Å². The molecule has 0 atom stereocenters. The van der Waals surface area contributed by atoms with Crippen molar-refractivity contribution in [2.45, 2.75) is 6.42 Å². The summed E-state index contributed by atoms with van der Waals surface area (Å²) in [5.74, 6) is 0. The molecular formula is C6H9N3. The number of imidazole rings is 1. The van der Waals surface area contributed by atoms with Crippen LogP contribution in [0.25, 0.3) is 0 Å². The molecule has 0 aliphatic heterocycles. The fourth-order valence-corrected chi connectivity index (χ4v) is 0.620. The Morgan fingerprint density at radius 3 is 3.11 bits per heavy atom. The molecule has 0 aliphatic rings. The fraction of sp³-hybridized carbons (Fsp3) is 0.167. The average molecular weight is 123 g/mol. The van der Waals surface area contributed by atoms with Crippen molar-refractivity contribution in [3.05, 3.63) is 30.5 Å². The van der Waals surface area contributed by atoms with E-state index in [1.807, 2.05) is 0 Å². The zero-order valence-electron chi connectivity index (χ0n) is 5.09. The number of aromatic nitrogens is 2. The van der Waals surface area contributed by atoms with Crippen LogP contribution >= 0.6 is 0 Å². The molecule has 1 rings (SSSR count). The first kappa shape index (κ1) is 5.88. The van der Waals surface area contributed by atoms with Crippen molar-refractivity contribution in [3.63, 3.8) is 0 Å². The lowest BCUT2D eigenvalue weighted by atomic mass is 10.3. The molecule has 3 heteroatoms. The first-order valence-corrected chi connectivity index (χ1v) is 2.70. The molecule has 1 aromatic rings. The van der Waals surface area contributed by atoms with Gasteiger partial charge >= 0.3 is 0 Å². The Kier molecular flexibility index (Phi) is 1.53. The molecule has 0 bridgehead atoms. The third kappa shape index (κ3) is 1.60. The van der Waals surface area contributed by atoms with E-state index < -0.39 is 0 Å². The summed E-state index contributed by atoms with van der Waals surface area (Å²) in [5, 5.41) is 0. The molecule has 9 heavy (non-hydrogen) atoms. The molecule has 3 nitrogen and oxygen atoms in total. The Bertz CT molecular complexity index is 188. The van der Waals surface area contributed by atoms with Crippen molar-refractivity contribution in [2.75, 3.05) is 0 Å². The van der Waals surface area contributed by atoms with Crippen LogP contribution in [0.5, 0.6) is 0 Å². The van der Waals surface area contributed by atoms with Gasteiger partial charge in [-0.25, -0.2) is 4.98 Å². The molecule has 0 saturated heterocycles. The van der Waals surface area contributed by atoms with Crippen LogP contribution in [0.1, 0.15) is 5.69 Å². The van der Waals surface area contributed by atoms with Crippen molar-refractivity contribution >= 4 is 0 Å². The smallest absolute Gasteiger partial charge is 0.0923 e. The second-order valence-electron chi connectivity index (χ2n) is 1.90. The van der Waals surface area contributed by atoms with Gasteiger partial charge in [0.15, 0.2) is 0 Å². The van der Waals surface area contributed by atoms with E-state index >= 15 is 0 Å². The van der Waals surface area contributed by atoms with Crippen LogP contribution < -0.4 is 5.73 Å². The van der Waals surface area contributed by atoms with E-state index in [0.29, 0.717) is 12.1 Å². The molecule has 0 amide bonds. The summed E-state index contributed by atoms with van der Waals surface area (Å²) in [5.41, 5.74) is 6.91. The highest BCUT2D eigenvalue weighted by molar-refractivity contribution is 5.05. The highest BCUT2D eigenvalue weighted by Crippen LogP contribution is 1.95. The van der Waals surface area contributed by atoms with Gasteiger partial charge in [0, 0.05) is 18.3 Å². The van der Waals surface area contributed by atoms with Gasteiger partial charge < -0.3 is 10.7 Å². The molecule has 0 spiro atoms. The minimum absolute atomic E-state index is 0.641. The average Bonchev–Trinajstić information content (AvgIpc) is 2.15. The monoisotopic (exact) mass is 123 g/mol. The summed E-state index contributed by atoms with van der Waals surface area (Å²) in [6.07, 6.45) is 4.08. The van der Waals surface area contributed by atoms with Gasteiger partial charge in [-0.15, -0.1) is 0 Å². The summed E-state index contributed by atoms with van der Waals surface area (Å²) in [7, 11) is 0. The lowest BCUT2D eigenvalue weighted by molar-refractivity contribution is 1.06. The molecule has 0 saturated carbocycles. The molecule has 0 radical (unpaired) electrons. The van der Waals surface area contributed by atoms with Crippen LogP contribution in [0.2, 0.25) is 0 Å². The number of allylic oxidation sites excluding steroid dienone is 1. The molecule has 0 unspecified atom stereocenters. The Labute approximate surface area is 53.6 Å². The van der Waals surface area contributed by atoms with Crippen molar-refractivity contribution in [1.82, 2.24) is 9.97 Å². The predicted octanol–water partition coefficient (Wildman–Crippen LogP) is 0.425. The summed E-state index contributed by atoms with van der Waals surface area (Å²) in [6.45, 7) is 3.55. The van der Waals surface area contributed by atoms with E-state index in [4.69, 9.17) is 5.73 Å². The molecule has 48 valence electrons. The van der Waals surface area contributed by atoms with Crippen LogP contribution in [0, 0.1) is 0 Å². The number of nitrogens with two attached hydrogens (primary N) is 1. The molecule has 0 aromatic carbocycles. The standard InChI is InChI=1S/C6H9N3/c1-5(7)2-6-3-8-4-9-6/h3-4H,1-2,7H2,(H,8,9). The number of hydrogen-bond acceptors (Lipinski definition) is 2. The lowest BCUT2D eigenvalue weighted by Gasteiger charge is -1.90. The zero-order valence-corrected chi connectivity index (χ0v) is 5.09. The summed E-state index contributed by atoms with van der Waals surface area (Å²) in [6, 6.07) is 0. The molecule has 0 aliphatic carbocycles. The Hall–Kier alpha value is -1.25. The summed E-state index contributed by atoms with van der Waals surface area (Å²) in [4.78, 5) is 6.79. The second-order valence-corrected chi connectivity index (χ2v) is 1.90. The van der Waals surface area contributed by atoms with Gasteiger partial charge in [-0.05, 0) is 0 Å². The number of aromatic amines is 1. The summed E-state index contributed by atoms with van der Waals surface area (Å²) < 4.78 is 0. The maximum absolute atomic E-state index is 5.34. The minimum atomic E-state index is 0.641. The van der Waals surface area contributed by atoms with Crippen LogP contribution in [-0.4, -0.2) is 9.97 Å². The third-order valence-electron chi connectivity index (χ3n) is 0.963. The van der Waals surface area contributed by atoms with Crippen LogP contribution in [0.3, 0.4) is 0 Å². The van der Waals surface area contributed by atoms with E-state index in [9.17, 15) is 0 Å². The molecule has 1 aromatic heterocycles. The minimum Gasteiger partial charge on any atom is -0.402 e. The van der Waals surface area contributed by atoms with Gasteiger partial charge in [0.2, 0.25) is 0 Å². The Morgan fingerprint density at radius 1 is 1.89 bits per heavy atom. The number of nitrogens with zero attached hydrogens (tertiary/aromatic N) is 1. The predicted molar refractivity (Wildman–Crippen MR) is 35.6 cm³/mol. The first-order valence-electron chi connectivity index (χ1n) is 2.70. The normalized spacial score (nSPS) is 9.33. The Morgan fingerprint density at radius 2 is 2.67 bits per heavy atom. The quantitative estimate of drug-likeness (QED) is 0.599. The summed E-state index contributed by atoms with van der Waals surface area (Å²) >= 11 is 0. The maximum Gasteiger partial charge on any atom is 0.0923 e. The molecule has 1 heterocycles. The first-order chi connectivity index (χ1) is 4.29. The van der Waals surface area contributed by atoms with Crippen LogP contribution in [0.15, 0.2) is 24.8 Å². The van der Waals surface area contributed by atoms with E-state index in [2.05, 4.69) is 16.5 Å². The van der Waals surface area contributed by atoms with Gasteiger partial charge in [-0.1, -0.05) is 6.58 Å².